The molecule has 1 aromatic heterocycles. The Bertz CT molecular complexity index is 1050. The van der Waals surface area contributed by atoms with Gasteiger partial charge in [0, 0.05) is 41.8 Å². The van der Waals surface area contributed by atoms with E-state index < -0.39 is 0 Å². The molecule has 3 nitrogen and oxygen atoms in total. The molecule has 1 saturated carbocycles. The van der Waals surface area contributed by atoms with Gasteiger partial charge in [0.15, 0.2) is 0 Å². The minimum Gasteiger partial charge on any atom is -0.494 e. The summed E-state index contributed by atoms with van der Waals surface area (Å²) in [6.45, 7) is 3.26. The van der Waals surface area contributed by atoms with Gasteiger partial charge in [-0.15, -0.1) is 0 Å². The Balaban J connectivity index is 1.14. The van der Waals surface area contributed by atoms with Gasteiger partial charge in [-0.1, -0.05) is 24.0 Å². The summed E-state index contributed by atoms with van der Waals surface area (Å²) in [5.74, 6) is 8.43. The molecule has 0 radical (unpaired) electrons. The van der Waals surface area contributed by atoms with E-state index in [9.17, 15) is 0 Å². The number of pyridine rings is 1. The van der Waals surface area contributed by atoms with Crippen LogP contribution in [0.4, 0.5) is 0 Å². The van der Waals surface area contributed by atoms with Crippen molar-refractivity contribution in [1.82, 2.24) is 9.88 Å². The second-order valence-electron chi connectivity index (χ2n) is 8.52. The van der Waals surface area contributed by atoms with Crippen molar-refractivity contribution in [3.63, 3.8) is 0 Å². The van der Waals surface area contributed by atoms with Crippen LogP contribution in [0.15, 0.2) is 60.8 Å². The third kappa shape index (κ3) is 4.35. The van der Waals surface area contributed by atoms with Gasteiger partial charge in [-0.05, 0) is 80.5 Å². The number of piperidine rings is 2. The molecule has 3 fully saturated rings. The van der Waals surface area contributed by atoms with Crippen LogP contribution in [0, 0.1) is 17.8 Å². The molecule has 30 heavy (non-hydrogen) atoms. The van der Waals surface area contributed by atoms with Crippen LogP contribution in [0.25, 0.3) is 10.9 Å². The predicted octanol–water partition coefficient (Wildman–Crippen LogP) is 5.28. The molecular formula is C27H28N2O. The number of ether oxygens (including phenoxy) is 1. The zero-order chi connectivity index (χ0) is 20.2. The fourth-order valence-electron chi connectivity index (χ4n) is 4.89. The van der Waals surface area contributed by atoms with Crippen LogP contribution in [0.2, 0.25) is 0 Å². The lowest BCUT2D eigenvalue weighted by molar-refractivity contribution is 0.0452. The Morgan fingerprint density at radius 3 is 2.60 bits per heavy atom. The molecule has 3 aromatic rings. The van der Waals surface area contributed by atoms with E-state index >= 15 is 0 Å². The number of aromatic nitrogens is 1. The van der Waals surface area contributed by atoms with Crippen molar-refractivity contribution in [2.75, 3.05) is 19.7 Å². The van der Waals surface area contributed by atoms with Gasteiger partial charge in [0.2, 0.25) is 0 Å². The van der Waals surface area contributed by atoms with Crippen LogP contribution in [0.3, 0.4) is 0 Å². The van der Waals surface area contributed by atoms with E-state index in [0.717, 1.165) is 52.8 Å². The molecule has 0 unspecified atom stereocenters. The predicted molar refractivity (Wildman–Crippen MR) is 122 cm³/mol. The zero-order valence-electron chi connectivity index (χ0n) is 17.4. The molecular weight excluding hydrogens is 368 g/mol. The maximum absolute atomic E-state index is 5.97. The molecule has 2 saturated heterocycles. The Kier molecular flexibility index (Phi) is 5.68. The molecule has 2 aliphatic heterocycles. The van der Waals surface area contributed by atoms with Crippen molar-refractivity contribution < 1.29 is 4.74 Å². The highest BCUT2D eigenvalue weighted by Gasteiger charge is 2.32. The molecule has 152 valence electrons. The summed E-state index contributed by atoms with van der Waals surface area (Å²) < 4.78 is 5.97. The van der Waals surface area contributed by atoms with Crippen LogP contribution < -0.4 is 4.74 Å². The van der Waals surface area contributed by atoms with E-state index in [1.165, 1.54) is 38.8 Å². The number of fused-ring (bicyclic) bond motifs is 4. The van der Waals surface area contributed by atoms with E-state index in [0.29, 0.717) is 0 Å². The maximum atomic E-state index is 5.97. The molecule has 3 heterocycles. The maximum Gasteiger partial charge on any atom is 0.119 e. The standard InChI is InChI=1S/C27H28N2O/c1-4-23(26-5-2-17-28-27(26)6-1)12-7-21-10-15-25(16-11-21)30-19-3-18-29-20-22-8-13-24(29)14-9-22/h1-2,4-6,10-11,15-17,22,24H,3,8-9,13-14,18-20H2. The molecule has 6 rings (SSSR count). The highest BCUT2D eigenvalue weighted by molar-refractivity contribution is 5.84. The number of rotatable bonds is 5. The summed E-state index contributed by atoms with van der Waals surface area (Å²) in [5.41, 5.74) is 2.98. The fourth-order valence-corrected chi connectivity index (χ4v) is 4.89. The van der Waals surface area contributed by atoms with Gasteiger partial charge < -0.3 is 4.74 Å². The number of hydrogen-bond donors (Lipinski definition) is 0. The zero-order valence-corrected chi connectivity index (χ0v) is 17.4. The fraction of sp³-hybridized carbons (Fsp3) is 0.370. The first kappa shape index (κ1) is 19.2. The largest absolute Gasteiger partial charge is 0.494 e. The van der Waals surface area contributed by atoms with Gasteiger partial charge in [0.05, 0.1) is 12.1 Å². The van der Waals surface area contributed by atoms with E-state index in [2.05, 4.69) is 27.8 Å². The lowest BCUT2D eigenvalue weighted by Crippen LogP contribution is -2.48. The number of hydrogen-bond acceptors (Lipinski definition) is 3. The van der Waals surface area contributed by atoms with Gasteiger partial charge in [-0.25, -0.2) is 0 Å². The van der Waals surface area contributed by atoms with Crippen LogP contribution in [-0.2, 0) is 0 Å². The van der Waals surface area contributed by atoms with Crippen molar-refractivity contribution in [1.29, 1.82) is 0 Å². The molecule has 3 heteroatoms. The Morgan fingerprint density at radius 1 is 0.933 bits per heavy atom. The van der Waals surface area contributed by atoms with E-state index in [-0.39, 0.29) is 0 Å². The average Bonchev–Trinajstić information content (AvgIpc) is 2.82. The van der Waals surface area contributed by atoms with Crippen LogP contribution in [0.5, 0.6) is 5.75 Å². The number of benzene rings is 2. The molecule has 2 aromatic carbocycles. The van der Waals surface area contributed by atoms with Crippen molar-refractivity contribution in [3.8, 4) is 17.6 Å². The Hall–Kier alpha value is -2.83. The van der Waals surface area contributed by atoms with E-state index in [1.807, 2.05) is 54.7 Å². The minimum atomic E-state index is 0.780. The van der Waals surface area contributed by atoms with Gasteiger partial charge in [0.25, 0.3) is 0 Å². The van der Waals surface area contributed by atoms with Crippen LogP contribution in [0.1, 0.15) is 43.2 Å². The summed E-state index contributed by atoms with van der Waals surface area (Å²) >= 11 is 0. The van der Waals surface area contributed by atoms with Crippen molar-refractivity contribution in [3.05, 3.63) is 71.9 Å². The summed E-state index contributed by atoms with van der Waals surface area (Å²) in [7, 11) is 0. The molecule has 2 bridgehead atoms. The first-order valence-corrected chi connectivity index (χ1v) is 11.2. The molecule has 0 amide bonds. The van der Waals surface area contributed by atoms with Crippen LogP contribution in [-0.4, -0.2) is 35.6 Å². The summed E-state index contributed by atoms with van der Waals surface area (Å²) in [6, 6.07) is 19.1. The topological polar surface area (TPSA) is 25.4 Å². The second-order valence-corrected chi connectivity index (χ2v) is 8.52. The molecule has 0 spiro atoms. The second kappa shape index (κ2) is 8.90. The van der Waals surface area contributed by atoms with Gasteiger partial charge >= 0.3 is 0 Å². The third-order valence-corrected chi connectivity index (χ3v) is 6.53. The van der Waals surface area contributed by atoms with Crippen molar-refractivity contribution in [2.24, 2.45) is 5.92 Å². The van der Waals surface area contributed by atoms with E-state index in [1.54, 1.807) is 0 Å². The number of nitrogens with zero attached hydrogens (tertiary/aromatic N) is 2. The molecule has 1 aliphatic carbocycles. The highest BCUT2D eigenvalue weighted by atomic mass is 16.5. The Labute approximate surface area is 179 Å². The van der Waals surface area contributed by atoms with Gasteiger partial charge in [0.1, 0.15) is 5.75 Å². The van der Waals surface area contributed by atoms with Gasteiger partial charge in [-0.3, -0.25) is 9.88 Å². The minimum absolute atomic E-state index is 0.780. The Morgan fingerprint density at radius 2 is 1.80 bits per heavy atom. The SMILES string of the molecule is C(#Cc1cccc2ncccc12)c1ccc(OCCCN2CC3CCC2CC3)cc1. The third-order valence-electron chi connectivity index (χ3n) is 6.53. The molecule has 3 aliphatic rings. The summed E-state index contributed by atoms with van der Waals surface area (Å²) in [6.07, 6.45) is 8.62. The smallest absolute Gasteiger partial charge is 0.119 e. The molecule has 0 atom stereocenters. The quantitative estimate of drug-likeness (QED) is 0.433. The van der Waals surface area contributed by atoms with Crippen molar-refractivity contribution >= 4 is 10.9 Å². The highest BCUT2D eigenvalue weighted by Crippen LogP contribution is 2.34. The monoisotopic (exact) mass is 396 g/mol. The van der Waals surface area contributed by atoms with Gasteiger partial charge in [-0.2, -0.15) is 0 Å². The summed E-state index contributed by atoms with van der Waals surface area (Å²) in [4.78, 5) is 7.09. The van der Waals surface area contributed by atoms with E-state index in [4.69, 9.17) is 4.74 Å². The first-order chi connectivity index (χ1) is 14.8. The molecule has 0 N–H and O–H groups in total. The first-order valence-electron chi connectivity index (χ1n) is 11.2. The lowest BCUT2D eigenvalue weighted by atomic mass is 9.80. The lowest BCUT2D eigenvalue weighted by Gasteiger charge is -2.45. The summed E-state index contributed by atoms with van der Waals surface area (Å²) in [5, 5.41) is 1.09. The van der Waals surface area contributed by atoms with Crippen LogP contribution >= 0.6 is 0 Å². The normalized spacial score (nSPS) is 20.7. The average molecular weight is 397 g/mol. The van der Waals surface area contributed by atoms with Crippen molar-refractivity contribution in [2.45, 2.75) is 38.1 Å².